The highest BCUT2D eigenvalue weighted by Gasteiger charge is 2.34. The molecule has 2 saturated heterocycles. The van der Waals surface area contributed by atoms with Crippen molar-refractivity contribution in [3.05, 3.63) is 5.01 Å². The second-order valence-electron chi connectivity index (χ2n) is 6.05. The van der Waals surface area contributed by atoms with E-state index >= 15 is 0 Å². The molecule has 0 bridgehead atoms. The predicted octanol–water partition coefficient (Wildman–Crippen LogP) is 0.652. The fourth-order valence-corrected chi connectivity index (χ4v) is 3.86. The molecule has 2 aliphatic heterocycles. The predicted molar refractivity (Wildman–Crippen MR) is 88.5 cm³/mol. The lowest BCUT2D eigenvalue weighted by Gasteiger charge is -2.37. The summed E-state index contributed by atoms with van der Waals surface area (Å²) in [4.78, 5) is 39.8. The van der Waals surface area contributed by atoms with Crippen molar-refractivity contribution in [3.63, 3.8) is 0 Å². The standard InChI is InChI=1S/C15H21N5O3S/c1-2-11-17-18-15(24-11)16-13(22)14(23)19-7-3-5-10(9-19)20-8-4-6-12(20)21/h10H,2-9H2,1H3,(H,16,18,22)/t10-/m1/s1. The molecule has 1 aromatic heterocycles. The molecule has 0 saturated carbocycles. The minimum atomic E-state index is -0.692. The minimum Gasteiger partial charge on any atom is -0.338 e. The van der Waals surface area contributed by atoms with Gasteiger partial charge in [-0.3, -0.25) is 19.7 Å². The van der Waals surface area contributed by atoms with Gasteiger partial charge in [0.15, 0.2) is 0 Å². The fraction of sp³-hybridized carbons (Fsp3) is 0.667. The second-order valence-corrected chi connectivity index (χ2v) is 7.11. The smallest absolute Gasteiger partial charge is 0.315 e. The number of aromatic nitrogens is 2. The van der Waals surface area contributed by atoms with Crippen LogP contribution >= 0.6 is 11.3 Å². The zero-order chi connectivity index (χ0) is 17.1. The van der Waals surface area contributed by atoms with E-state index < -0.39 is 11.8 Å². The Labute approximate surface area is 144 Å². The van der Waals surface area contributed by atoms with Crippen molar-refractivity contribution in [1.29, 1.82) is 0 Å². The largest absolute Gasteiger partial charge is 0.338 e. The number of likely N-dealkylation sites (tertiary alicyclic amines) is 2. The van der Waals surface area contributed by atoms with E-state index in [0.717, 1.165) is 37.2 Å². The molecule has 3 heterocycles. The van der Waals surface area contributed by atoms with Crippen LogP contribution < -0.4 is 5.32 Å². The number of carbonyl (C=O) groups is 3. The number of amides is 3. The summed E-state index contributed by atoms with van der Waals surface area (Å²) in [5, 5.41) is 11.4. The van der Waals surface area contributed by atoms with Gasteiger partial charge in [-0.15, -0.1) is 10.2 Å². The van der Waals surface area contributed by atoms with E-state index in [-0.39, 0.29) is 11.9 Å². The molecule has 3 rings (SSSR count). The Morgan fingerprint density at radius 2 is 2.12 bits per heavy atom. The summed E-state index contributed by atoms with van der Waals surface area (Å²) in [6, 6.07) is 0.0266. The van der Waals surface area contributed by atoms with Crippen molar-refractivity contribution < 1.29 is 14.4 Å². The van der Waals surface area contributed by atoms with Gasteiger partial charge in [0.25, 0.3) is 0 Å². The van der Waals surface area contributed by atoms with Crippen molar-refractivity contribution in [1.82, 2.24) is 20.0 Å². The Morgan fingerprint density at radius 1 is 1.29 bits per heavy atom. The van der Waals surface area contributed by atoms with Gasteiger partial charge in [-0.05, 0) is 25.7 Å². The molecule has 2 fully saturated rings. The van der Waals surface area contributed by atoms with E-state index in [9.17, 15) is 14.4 Å². The SMILES string of the molecule is CCc1nnc(NC(=O)C(=O)N2CCC[C@@H](N3CCCC3=O)C2)s1. The number of carbonyl (C=O) groups excluding carboxylic acids is 3. The maximum Gasteiger partial charge on any atom is 0.315 e. The van der Waals surface area contributed by atoms with E-state index in [1.54, 1.807) is 0 Å². The van der Waals surface area contributed by atoms with E-state index in [0.29, 0.717) is 24.6 Å². The van der Waals surface area contributed by atoms with Crippen LogP contribution in [0.2, 0.25) is 0 Å². The highest BCUT2D eigenvalue weighted by Crippen LogP contribution is 2.22. The summed E-state index contributed by atoms with van der Waals surface area (Å²) in [5.74, 6) is -1.11. The number of hydrogen-bond acceptors (Lipinski definition) is 6. The number of nitrogens with one attached hydrogen (secondary N) is 1. The number of nitrogens with zero attached hydrogens (tertiary/aromatic N) is 4. The first-order valence-corrected chi connectivity index (χ1v) is 9.12. The third-order valence-electron chi connectivity index (χ3n) is 4.42. The third kappa shape index (κ3) is 3.55. The molecule has 1 N–H and O–H groups in total. The lowest BCUT2D eigenvalue weighted by atomic mass is 10.0. The zero-order valence-electron chi connectivity index (χ0n) is 13.7. The molecule has 1 aromatic rings. The molecular weight excluding hydrogens is 330 g/mol. The van der Waals surface area contributed by atoms with Gasteiger partial charge < -0.3 is 9.80 Å². The van der Waals surface area contributed by atoms with Crippen LogP contribution in [0.4, 0.5) is 5.13 Å². The monoisotopic (exact) mass is 351 g/mol. The van der Waals surface area contributed by atoms with Gasteiger partial charge in [0, 0.05) is 32.1 Å². The maximum absolute atomic E-state index is 12.4. The summed E-state index contributed by atoms with van der Waals surface area (Å²) < 4.78 is 0. The van der Waals surface area contributed by atoms with Gasteiger partial charge in [0.2, 0.25) is 11.0 Å². The quantitative estimate of drug-likeness (QED) is 0.807. The molecule has 0 aliphatic carbocycles. The molecule has 130 valence electrons. The molecule has 9 heteroatoms. The van der Waals surface area contributed by atoms with E-state index in [4.69, 9.17) is 0 Å². The second kappa shape index (κ2) is 7.25. The lowest BCUT2D eigenvalue weighted by molar-refractivity contribution is -0.145. The Morgan fingerprint density at radius 3 is 2.79 bits per heavy atom. The first kappa shape index (κ1) is 16.8. The normalized spacial score (nSPS) is 21.2. The third-order valence-corrected chi connectivity index (χ3v) is 5.40. The van der Waals surface area contributed by atoms with Crippen LogP contribution in [0, 0.1) is 0 Å². The van der Waals surface area contributed by atoms with Crippen LogP contribution in [-0.2, 0) is 20.8 Å². The highest BCUT2D eigenvalue weighted by atomic mass is 32.1. The number of anilines is 1. The van der Waals surface area contributed by atoms with Crippen molar-refractivity contribution in [2.24, 2.45) is 0 Å². The molecule has 1 atom stereocenters. The molecular formula is C15H21N5O3S. The number of aryl methyl sites for hydroxylation is 1. The number of rotatable bonds is 3. The first-order chi connectivity index (χ1) is 11.6. The molecule has 24 heavy (non-hydrogen) atoms. The lowest BCUT2D eigenvalue weighted by Crippen LogP contribution is -2.52. The molecule has 2 aliphatic rings. The van der Waals surface area contributed by atoms with E-state index in [1.165, 1.54) is 16.2 Å². The van der Waals surface area contributed by atoms with Crippen LogP contribution in [0.15, 0.2) is 0 Å². The van der Waals surface area contributed by atoms with Crippen LogP contribution in [0.25, 0.3) is 0 Å². The minimum absolute atomic E-state index is 0.0266. The average molecular weight is 351 g/mol. The van der Waals surface area contributed by atoms with Gasteiger partial charge in [0.1, 0.15) is 5.01 Å². The summed E-state index contributed by atoms with van der Waals surface area (Å²) >= 11 is 1.27. The van der Waals surface area contributed by atoms with Crippen LogP contribution in [-0.4, -0.2) is 63.4 Å². The van der Waals surface area contributed by atoms with E-state index in [1.807, 2.05) is 11.8 Å². The molecule has 0 radical (unpaired) electrons. The molecule has 0 spiro atoms. The summed E-state index contributed by atoms with van der Waals surface area (Å²) in [6.07, 6.45) is 3.88. The Bertz CT molecular complexity index is 647. The molecule has 8 nitrogen and oxygen atoms in total. The van der Waals surface area contributed by atoms with Gasteiger partial charge >= 0.3 is 11.8 Å². The van der Waals surface area contributed by atoms with Crippen molar-refractivity contribution in [3.8, 4) is 0 Å². The van der Waals surface area contributed by atoms with Crippen LogP contribution in [0.3, 0.4) is 0 Å². The van der Waals surface area contributed by atoms with Crippen molar-refractivity contribution >= 4 is 34.2 Å². The number of hydrogen-bond donors (Lipinski definition) is 1. The van der Waals surface area contributed by atoms with Crippen molar-refractivity contribution in [2.75, 3.05) is 25.0 Å². The number of piperidine rings is 1. The topological polar surface area (TPSA) is 95.5 Å². The van der Waals surface area contributed by atoms with Gasteiger partial charge in [0.05, 0.1) is 0 Å². The molecule has 0 aromatic carbocycles. The highest BCUT2D eigenvalue weighted by molar-refractivity contribution is 7.15. The molecule has 3 amide bonds. The Kier molecular flexibility index (Phi) is 5.08. The Hall–Kier alpha value is -2.03. The maximum atomic E-state index is 12.4. The summed E-state index contributed by atoms with van der Waals surface area (Å²) in [5.41, 5.74) is 0. The Balaban J connectivity index is 1.59. The first-order valence-electron chi connectivity index (χ1n) is 8.30. The fourth-order valence-electron chi connectivity index (χ4n) is 3.19. The summed E-state index contributed by atoms with van der Waals surface area (Å²) in [7, 11) is 0. The molecule has 0 unspecified atom stereocenters. The van der Waals surface area contributed by atoms with Crippen LogP contribution in [0.1, 0.15) is 37.6 Å². The van der Waals surface area contributed by atoms with Gasteiger partial charge in [-0.1, -0.05) is 18.3 Å². The average Bonchev–Trinajstić information content (AvgIpc) is 3.23. The zero-order valence-corrected chi connectivity index (χ0v) is 14.5. The van der Waals surface area contributed by atoms with E-state index in [2.05, 4.69) is 15.5 Å². The van der Waals surface area contributed by atoms with Gasteiger partial charge in [-0.25, -0.2) is 0 Å². The van der Waals surface area contributed by atoms with Gasteiger partial charge in [-0.2, -0.15) is 0 Å². The summed E-state index contributed by atoms with van der Waals surface area (Å²) in [6.45, 7) is 3.67. The van der Waals surface area contributed by atoms with Crippen molar-refractivity contribution in [2.45, 2.75) is 45.1 Å². The van der Waals surface area contributed by atoms with Crippen LogP contribution in [0.5, 0.6) is 0 Å².